The molecule has 0 spiro atoms. The van der Waals surface area contributed by atoms with E-state index in [1.807, 2.05) is 6.92 Å². The molecule has 0 aromatic carbocycles. The molecule has 2 rings (SSSR count). The van der Waals surface area contributed by atoms with Crippen molar-refractivity contribution in [2.24, 2.45) is 0 Å². The van der Waals surface area contributed by atoms with E-state index in [0.29, 0.717) is 12.4 Å². The molecule has 0 radical (unpaired) electrons. The Hall–Kier alpha value is -2.18. The van der Waals surface area contributed by atoms with Gasteiger partial charge in [-0.15, -0.1) is 0 Å². The van der Waals surface area contributed by atoms with Gasteiger partial charge in [0, 0.05) is 25.7 Å². The lowest BCUT2D eigenvalue weighted by Crippen LogP contribution is -2.34. The van der Waals surface area contributed by atoms with Crippen molar-refractivity contribution in [1.29, 1.82) is 0 Å². The summed E-state index contributed by atoms with van der Waals surface area (Å²) in [5.41, 5.74) is -0.134. The normalized spacial score (nSPS) is 13.9. The maximum absolute atomic E-state index is 12.6. The zero-order valence-electron chi connectivity index (χ0n) is 11.6. The van der Waals surface area contributed by atoms with Gasteiger partial charge in [-0.3, -0.25) is 14.9 Å². The number of nitrogens with zero attached hydrogens (tertiary/aromatic N) is 3. The average Bonchev–Trinajstić information content (AvgIpc) is 3.27. The van der Waals surface area contributed by atoms with Crippen LogP contribution in [0.15, 0.2) is 12.3 Å². The third-order valence-electron chi connectivity index (χ3n) is 3.28. The van der Waals surface area contributed by atoms with Crippen LogP contribution in [0.5, 0.6) is 0 Å². The molecule has 7 nitrogen and oxygen atoms in total. The number of carbonyl (C=O) groups is 1. The quantitative estimate of drug-likeness (QED) is 0.635. The molecule has 7 heteroatoms. The SMILES string of the molecule is CCCN(C(=O)c1cc(NC)ncc1[N+](=O)[O-])C1CC1. The summed E-state index contributed by atoms with van der Waals surface area (Å²) in [5.74, 6) is 0.172. The van der Waals surface area contributed by atoms with Gasteiger partial charge in [-0.25, -0.2) is 4.98 Å². The monoisotopic (exact) mass is 278 g/mol. The summed E-state index contributed by atoms with van der Waals surface area (Å²) in [6, 6.07) is 1.68. The number of pyridine rings is 1. The molecule has 1 amide bonds. The number of rotatable bonds is 6. The number of carbonyl (C=O) groups excluding carboxylic acids is 1. The van der Waals surface area contributed by atoms with Crippen LogP contribution in [0.3, 0.4) is 0 Å². The van der Waals surface area contributed by atoms with Gasteiger partial charge in [0.25, 0.3) is 11.6 Å². The molecule has 1 aliphatic rings. The molecular formula is C13H18N4O3. The molecule has 0 bridgehead atoms. The van der Waals surface area contributed by atoms with Crippen molar-refractivity contribution in [3.05, 3.63) is 27.9 Å². The fourth-order valence-corrected chi connectivity index (χ4v) is 2.13. The fraction of sp³-hybridized carbons (Fsp3) is 0.538. The first-order valence-electron chi connectivity index (χ1n) is 6.71. The Morgan fingerprint density at radius 3 is 2.80 bits per heavy atom. The third kappa shape index (κ3) is 2.87. The Balaban J connectivity index is 2.37. The van der Waals surface area contributed by atoms with E-state index in [-0.39, 0.29) is 23.2 Å². The standard InChI is InChI=1S/C13H18N4O3/c1-3-6-16(9-4-5-9)13(18)10-7-12(14-2)15-8-11(10)17(19)20/h7-9H,3-6H2,1-2H3,(H,14,15). The van der Waals surface area contributed by atoms with Gasteiger partial charge in [0.15, 0.2) is 0 Å². The highest BCUT2D eigenvalue weighted by molar-refractivity contribution is 5.99. The van der Waals surface area contributed by atoms with Gasteiger partial charge in [0.05, 0.1) is 4.92 Å². The summed E-state index contributed by atoms with van der Waals surface area (Å²) in [6.45, 7) is 2.61. The highest BCUT2D eigenvalue weighted by atomic mass is 16.6. The van der Waals surface area contributed by atoms with E-state index in [0.717, 1.165) is 25.5 Å². The molecule has 1 aromatic rings. The van der Waals surface area contributed by atoms with E-state index in [1.165, 1.54) is 6.07 Å². The van der Waals surface area contributed by atoms with Crippen LogP contribution in [0.25, 0.3) is 0 Å². The first-order valence-corrected chi connectivity index (χ1v) is 6.71. The van der Waals surface area contributed by atoms with Gasteiger partial charge in [-0.2, -0.15) is 0 Å². The molecule has 1 N–H and O–H groups in total. The van der Waals surface area contributed by atoms with Crippen LogP contribution in [0, 0.1) is 10.1 Å². The Morgan fingerprint density at radius 2 is 2.30 bits per heavy atom. The first kappa shape index (κ1) is 14.2. The summed E-state index contributed by atoms with van der Waals surface area (Å²) >= 11 is 0. The number of anilines is 1. The lowest BCUT2D eigenvalue weighted by Gasteiger charge is -2.21. The second-order valence-electron chi connectivity index (χ2n) is 4.82. The van der Waals surface area contributed by atoms with E-state index in [1.54, 1.807) is 11.9 Å². The summed E-state index contributed by atoms with van der Waals surface area (Å²) in [4.78, 5) is 28.7. The molecule has 0 saturated heterocycles. The molecule has 1 aliphatic carbocycles. The summed E-state index contributed by atoms with van der Waals surface area (Å²) in [7, 11) is 1.66. The molecular weight excluding hydrogens is 260 g/mol. The van der Waals surface area contributed by atoms with Gasteiger partial charge in [-0.1, -0.05) is 6.92 Å². The van der Waals surface area contributed by atoms with E-state index in [9.17, 15) is 14.9 Å². The Bertz CT molecular complexity index is 528. The number of nitro groups is 1. The van der Waals surface area contributed by atoms with Crippen LogP contribution in [0.1, 0.15) is 36.5 Å². The third-order valence-corrected chi connectivity index (χ3v) is 3.28. The van der Waals surface area contributed by atoms with Gasteiger partial charge < -0.3 is 10.2 Å². The molecule has 0 aliphatic heterocycles. The van der Waals surface area contributed by atoms with Crippen molar-refractivity contribution in [2.45, 2.75) is 32.2 Å². The predicted octanol–water partition coefficient (Wildman–Crippen LogP) is 2.05. The molecule has 1 saturated carbocycles. The zero-order valence-corrected chi connectivity index (χ0v) is 11.6. The van der Waals surface area contributed by atoms with Gasteiger partial charge in [0.1, 0.15) is 17.6 Å². The minimum atomic E-state index is -0.559. The van der Waals surface area contributed by atoms with Crippen LogP contribution in [0.2, 0.25) is 0 Å². The van der Waals surface area contributed by atoms with Gasteiger partial charge in [-0.05, 0) is 19.3 Å². The smallest absolute Gasteiger partial charge is 0.300 e. The minimum Gasteiger partial charge on any atom is -0.373 e. The predicted molar refractivity (Wildman–Crippen MR) is 74.8 cm³/mol. The topological polar surface area (TPSA) is 88.4 Å². The van der Waals surface area contributed by atoms with Gasteiger partial charge >= 0.3 is 0 Å². The molecule has 0 unspecified atom stereocenters. The lowest BCUT2D eigenvalue weighted by atomic mass is 10.2. The van der Waals surface area contributed by atoms with Crippen LogP contribution in [0.4, 0.5) is 11.5 Å². The van der Waals surface area contributed by atoms with E-state index < -0.39 is 4.92 Å². The maximum atomic E-state index is 12.6. The highest BCUT2D eigenvalue weighted by Crippen LogP contribution is 2.30. The van der Waals surface area contributed by atoms with Crippen molar-refractivity contribution < 1.29 is 9.72 Å². The molecule has 1 fully saturated rings. The summed E-state index contributed by atoms with van der Waals surface area (Å²) < 4.78 is 0. The number of hydrogen-bond donors (Lipinski definition) is 1. The molecule has 1 aromatic heterocycles. The molecule has 108 valence electrons. The van der Waals surface area contributed by atoms with E-state index >= 15 is 0 Å². The van der Waals surface area contributed by atoms with Crippen molar-refractivity contribution in [2.75, 3.05) is 18.9 Å². The van der Waals surface area contributed by atoms with Gasteiger partial charge in [0.2, 0.25) is 0 Å². The van der Waals surface area contributed by atoms with Crippen molar-refractivity contribution in [3.8, 4) is 0 Å². The average molecular weight is 278 g/mol. The number of nitrogens with one attached hydrogen (secondary N) is 1. The number of aromatic nitrogens is 1. The van der Waals surface area contributed by atoms with Crippen LogP contribution >= 0.6 is 0 Å². The Kier molecular flexibility index (Phi) is 4.16. The highest BCUT2D eigenvalue weighted by Gasteiger charge is 2.35. The second kappa shape index (κ2) is 5.85. The lowest BCUT2D eigenvalue weighted by molar-refractivity contribution is -0.385. The van der Waals surface area contributed by atoms with E-state index in [4.69, 9.17) is 0 Å². The summed E-state index contributed by atoms with van der Waals surface area (Å²) in [6.07, 6.45) is 3.92. The molecule has 20 heavy (non-hydrogen) atoms. The zero-order chi connectivity index (χ0) is 14.7. The second-order valence-corrected chi connectivity index (χ2v) is 4.82. The largest absolute Gasteiger partial charge is 0.373 e. The van der Waals surface area contributed by atoms with Crippen molar-refractivity contribution in [1.82, 2.24) is 9.88 Å². The number of hydrogen-bond acceptors (Lipinski definition) is 5. The minimum absolute atomic E-state index is 0.106. The molecule has 1 heterocycles. The van der Waals surface area contributed by atoms with Crippen molar-refractivity contribution >= 4 is 17.4 Å². The Morgan fingerprint density at radius 1 is 1.60 bits per heavy atom. The van der Waals surface area contributed by atoms with Crippen LogP contribution < -0.4 is 5.32 Å². The summed E-state index contributed by atoms with van der Waals surface area (Å²) in [5, 5.41) is 13.9. The maximum Gasteiger partial charge on any atom is 0.300 e. The fourth-order valence-electron chi connectivity index (χ4n) is 2.13. The van der Waals surface area contributed by atoms with Crippen LogP contribution in [-0.2, 0) is 0 Å². The van der Waals surface area contributed by atoms with Crippen LogP contribution in [-0.4, -0.2) is 40.3 Å². The van der Waals surface area contributed by atoms with E-state index in [2.05, 4.69) is 10.3 Å². The number of amides is 1. The molecule has 0 atom stereocenters. The Labute approximate surface area is 117 Å². The first-order chi connectivity index (χ1) is 9.58. The van der Waals surface area contributed by atoms with Crippen molar-refractivity contribution in [3.63, 3.8) is 0 Å².